The topological polar surface area (TPSA) is 12.4 Å². The predicted molar refractivity (Wildman–Crippen MR) is 76.3 cm³/mol. The van der Waals surface area contributed by atoms with Gasteiger partial charge in [-0.25, -0.2) is 0 Å². The second kappa shape index (κ2) is 6.58. The van der Waals surface area contributed by atoms with Gasteiger partial charge in [-0.05, 0) is 17.0 Å². The Morgan fingerprint density at radius 2 is 1.94 bits per heavy atom. The Bertz CT molecular complexity index is 462. The summed E-state index contributed by atoms with van der Waals surface area (Å²) in [7, 11) is 0. The summed E-state index contributed by atoms with van der Waals surface area (Å²) in [6.07, 6.45) is 0.828. The predicted octanol–water partition coefficient (Wildman–Crippen LogP) is 4.37. The Morgan fingerprint density at radius 3 is 2.59 bits per heavy atom. The molecule has 3 heteroatoms. The van der Waals surface area contributed by atoms with Gasteiger partial charge < -0.3 is 0 Å². The van der Waals surface area contributed by atoms with Crippen LogP contribution in [-0.2, 0) is 6.54 Å². The van der Waals surface area contributed by atoms with Crippen molar-refractivity contribution in [1.82, 2.24) is 0 Å². The zero-order valence-electron chi connectivity index (χ0n) is 9.47. The summed E-state index contributed by atoms with van der Waals surface area (Å²) in [5, 5.41) is 2.07. The normalized spacial score (nSPS) is 11.7. The summed E-state index contributed by atoms with van der Waals surface area (Å²) in [5.41, 5.74) is 2.34. The van der Waals surface area contributed by atoms with Crippen LogP contribution >= 0.6 is 22.9 Å². The highest BCUT2D eigenvalue weighted by atomic mass is 35.5. The van der Waals surface area contributed by atoms with E-state index >= 15 is 0 Å². The highest BCUT2D eigenvalue weighted by Crippen LogP contribution is 2.14. The van der Waals surface area contributed by atoms with Crippen molar-refractivity contribution in [2.24, 2.45) is 4.99 Å². The van der Waals surface area contributed by atoms with E-state index in [0.29, 0.717) is 5.88 Å². The van der Waals surface area contributed by atoms with E-state index in [-0.39, 0.29) is 0 Å². The van der Waals surface area contributed by atoms with Crippen molar-refractivity contribution in [2.45, 2.75) is 13.0 Å². The zero-order valence-corrected chi connectivity index (χ0v) is 11.0. The van der Waals surface area contributed by atoms with E-state index in [1.165, 1.54) is 10.4 Å². The molecule has 0 saturated carbocycles. The van der Waals surface area contributed by atoms with Crippen LogP contribution in [0.5, 0.6) is 0 Å². The van der Waals surface area contributed by atoms with E-state index < -0.39 is 0 Å². The first kappa shape index (κ1) is 12.3. The van der Waals surface area contributed by atoms with Crippen molar-refractivity contribution in [3.05, 3.63) is 58.3 Å². The number of benzene rings is 1. The smallest absolute Gasteiger partial charge is 0.0643 e. The van der Waals surface area contributed by atoms with Crippen LogP contribution in [-0.4, -0.2) is 11.6 Å². The largest absolute Gasteiger partial charge is 0.284 e. The Hall–Kier alpha value is -1.12. The molecule has 17 heavy (non-hydrogen) atoms. The maximum Gasteiger partial charge on any atom is 0.0643 e. The number of hydrogen-bond acceptors (Lipinski definition) is 2. The van der Waals surface area contributed by atoms with Crippen molar-refractivity contribution >= 4 is 28.6 Å². The number of aliphatic imine (C=N–C) groups is 1. The minimum atomic E-state index is 0.617. The lowest BCUT2D eigenvalue weighted by atomic mass is 10.2. The highest BCUT2D eigenvalue weighted by Gasteiger charge is 2.03. The number of nitrogens with zero attached hydrogens (tertiary/aromatic N) is 1. The van der Waals surface area contributed by atoms with Gasteiger partial charge in [0.1, 0.15) is 0 Å². The van der Waals surface area contributed by atoms with Crippen molar-refractivity contribution in [1.29, 1.82) is 0 Å². The Balaban J connectivity index is 2.11. The molecule has 88 valence electrons. The number of alkyl halides is 1. The van der Waals surface area contributed by atoms with Gasteiger partial charge >= 0.3 is 0 Å². The van der Waals surface area contributed by atoms with E-state index in [4.69, 9.17) is 11.6 Å². The van der Waals surface area contributed by atoms with Gasteiger partial charge in [0.25, 0.3) is 0 Å². The summed E-state index contributed by atoms with van der Waals surface area (Å²) >= 11 is 7.54. The van der Waals surface area contributed by atoms with Gasteiger partial charge in [-0.15, -0.1) is 22.9 Å². The lowest BCUT2D eigenvalue weighted by molar-refractivity contribution is 1.05. The molecule has 0 unspecified atom stereocenters. The molecule has 0 spiro atoms. The molecule has 0 N–H and O–H groups in total. The standard InChI is InChI=1S/C14H14ClNS/c15-9-8-13(14-7-4-10-17-14)16-11-12-5-2-1-3-6-12/h1-7,10H,8-9,11H2. The van der Waals surface area contributed by atoms with Crippen LogP contribution in [0.25, 0.3) is 0 Å². The molecule has 0 aliphatic heterocycles. The van der Waals surface area contributed by atoms with Crippen LogP contribution in [0.2, 0.25) is 0 Å². The average Bonchev–Trinajstić information content (AvgIpc) is 2.89. The number of halogens is 1. The quantitative estimate of drug-likeness (QED) is 0.561. The molecular weight excluding hydrogens is 250 g/mol. The number of thiophene rings is 1. The van der Waals surface area contributed by atoms with Gasteiger partial charge in [0.2, 0.25) is 0 Å². The molecule has 2 rings (SSSR count). The first-order valence-corrected chi connectivity index (χ1v) is 6.98. The van der Waals surface area contributed by atoms with Crippen molar-refractivity contribution in [2.75, 3.05) is 5.88 Å². The summed E-state index contributed by atoms with van der Waals surface area (Å²) in [6, 6.07) is 14.4. The highest BCUT2D eigenvalue weighted by molar-refractivity contribution is 7.12. The zero-order chi connectivity index (χ0) is 11.9. The molecule has 1 aromatic heterocycles. The summed E-state index contributed by atoms with van der Waals surface area (Å²) in [6.45, 7) is 0.727. The van der Waals surface area contributed by atoms with E-state index in [2.05, 4.69) is 28.6 Å². The van der Waals surface area contributed by atoms with Gasteiger partial charge in [0, 0.05) is 17.2 Å². The third kappa shape index (κ3) is 3.69. The van der Waals surface area contributed by atoms with Gasteiger partial charge in [0.05, 0.1) is 12.3 Å². The van der Waals surface area contributed by atoms with Gasteiger partial charge in [-0.3, -0.25) is 4.99 Å². The Labute approximate surface area is 111 Å². The molecule has 0 aliphatic carbocycles. The maximum atomic E-state index is 5.82. The molecule has 0 amide bonds. The Morgan fingerprint density at radius 1 is 1.12 bits per heavy atom. The Kier molecular flexibility index (Phi) is 4.77. The minimum Gasteiger partial charge on any atom is -0.284 e. The first-order chi connectivity index (χ1) is 8.40. The minimum absolute atomic E-state index is 0.617. The average molecular weight is 264 g/mol. The second-order valence-electron chi connectivity index (χ2n) is 3.66. The monoisotopic (exact) mass is 263 g/mol. The molecule has 1 nitrogen and oxygen atoms in total. The second-order valence-corrected chi connectivity index (χ2v) is 4.99. The molecular formula is C14H14ClNS. The summed E-state index contributed by atoms with van der Waals surface area (Å²) < 4.78 is 0. The van der Waals surface area contributed by atoms with E-state index in [9.17, 15) is 0 Å². The third-order valence-electron chi connectivity index (χ3n) is 2.43. The van der Waals surface area contributed by atoms with Crippen LogP contribution in [0.4, 0.5) is 0 Å². The SMILES string of the molecule is ClCCC(=NCc1ccccc1)c1cccs1. The van der Waals surface area contributed by atoms with Crippen LogP contribution in [0.1, 0.15) is 16.9 Å². The van der Waals surface area contributed by atoms with Gasteiger partial charge in [0.15, 0.2) is 0 Å². The summed E-state index contributed by atoms with van der Waals surface area (Å²) in [4.78, 5) is 5.89. The van der Waals surface area contributed by atoms with Crippen molar-refractivity contribution in [3.63, 3.8) is 0 Å². The van der Waals surface area contributed by atoms with E-state index in [1.54, 1.807) is 11.3 Å². The maximum absolute atomic E-state index is 5.82. The lowest BCUT2D eigenvalue weighted by Gasteiger charge is -2.02. The molecule has 0 bridgehead atoms. The van der Waals surface area contributed by atoms with Crippen molar-refractivity contribution < 1.29 is 0 Å². The van der Waals surface area contributed by atoms with Gasteiger partial charge in [-0.1, -0.05) is 36.4 Å². The molecule has 1 heterocycles. The first-order valence-electron chi connectivity index (χ1n) is 5.57. The number of hydrogen-bond donors (Lipinski definition) is 0. The fourth-order valence-corrected chi connectivity index (χ4v) is 2.53. The van der Waals surface area contributed by atoms with E-state index in [0.717, 1.165) is 18.7 Å². The third-order valence-corrected chi connectivity index (χ3v) is 3.54. The molecule has 0 fully saturated rings. The fraction of sp³-hybridized carbons (Fsp3) is 0.214. The molecule has 1 aromatic carbocycles. The molecule has 2 aromatic rings. The lowest BCUT2D eigenvalue weighted by Crippen LogP contribution is -2.00. The van der Waals surface area contributed by atoms with Crippen LogP contribution < -0.4 is 0 Å². The summed E-state index contributed by atoms with van der Waals surface area (Å²) in [5.74, 6) is 0.617. The van der Waals surface area contributed by atoms with E-state index in [1.807, 2.05) is 24.3 Å². The molecule has 0 radical (unpaired) electrons. The van der Waals surface area contributed by atoms with Crippen molar-refractivity contribution in [3.8, 4) is 0 Å². The van der Waals surface area contributed by atoms with Crippen LogP contribution in [0.3, 0.4) is 0 Å². The van der Waals surface area contributed by atoms with Crippen LogP contribution in [0.15, 0.2) is 52.8 Å². The molecule has 0 atom stereocenters. The number of rotatable bonds is 5. The molecule has 0 saturated heterocycles. The fourth-order valence-electron chi connectivity index (χ4n) is 1.58. The molecule has 0 aliphatic rings. The van der Waals surface area contributed by atoms with Crippen LogP contribution in [0, 0.1) is 0 Å². The van der Waals surface area contributed by atoms with Gasteiger partial charge in [-0.2, -0.15) is 0 Å².